The minimum Gasteiger partial charge on any atom is -0.355 e. The number of carbonyl (C=O) groups is 1. The van der Waals surface area contributed by atoms with E-state index in [1.54, 1.807) is 12.1 Å². The number of anilines is 1. The lowest BCUT2D eigenvalue weighted by atomic mass is 10.1. The minimum atomic E-state index is -4.63. The first kappa shape index (κ1) is 20.5. The summed E-state index contributed by atoms with van der Waals surface area (Å²) in [5.41, 5.74) is 1.51. The molecule has 0 fully saturated rings. The minimum absolute atomic E-state index is 0.0839. The highest BCUT2D eigenvalue weighted by Crippen LogP contribution is 2.28. The molecular weight excluding hydrogens is 375 g/mol. The van der Waals surface area contributed by atoms with Crippen LogP contribution in [-0.2, 0) is 15.1 Å². The van der Waals surface area contributed by atoms with Gasteiger partial charge in [-0.2, -0.15) is 8.42 Å². The van der Waals surface area contributed by atoms with Crippen LogP contribution in [0.5, 0.6) is 0 Å². The van der Waals surface area contributed by atoms with Gasteiger partial charge in [-0.05, 0) is 44.2 Å². The molecule has 0 spiro atoms. The zero-order valence-corrected chi connectivity index (χ0v) is 15.7. The summed E-state index contributed by atoms with van der Waals surface area (Å²) in [5, 5.41) is 0. The van der Waals surface area contributed by atoms with Crippen molar-refractivity contribution in [3.63, 3.8) is 0 Å². The van der Waals surface area contributed by atoms with Crippen LogP contribution in [0.4, 0.5) is 10.2 Å². The van der Waals surface area contributed by atoms with Crippen LogP contribution in [-0.4, -0.2) is 41.9 Å². The summed E-state index contributed by atoms with van der Waals surface area (Å²) in [4.78, 5) is 22.1. The SMILES string of the molecule is CC(C)N(C)c1nc(/C=C/C(=O)NS(=O)(=O)O)cnc1-c1ccc(F)cc1. The van der Waals surface area contributed by atoms with Gasteiger partial charge in [0.2, 0.25) is 0 Å². The molecule has 0 aliphatic heterocycles. The van der Waals surface area contributed by atoms with Gasteiger partial charge in [-0.3, -0.25) is 14.3 Å². The van der Waals surface area contributed by atoms with Crippen LogP contribution in [0.3, 0.4) is 0 Å². The van der Waals surface area contributed by atoms with E-state index in [1.807, 2.05) is 25.8 Å². The number of aromatic nitrogens is 2. The molecule has 0 aliphatic carbocycles. The van der Waals surface area contributed by atoms with Gasteiger partial charge in [0, 0.05) is 24.7 Å². The molecule has 1 amide bonds. The van der Waals surface area contributed by atoms with Crippen molar-refractivity contribution in [2.45, 2.75) is 19.9 Å². The van der Waals surface area contributed by atoms with Gasteiger partial charge in [-0.15, -0.1) is 0 Å². The topological polar surface area (TPSA) is 112 Å². The lowest BCUT2D eigenvalue weighted by Gasteiger charge is -2.24. The van der Waals surface area contributed by atoms with E-state index in [4.69, 9.17) is 4.55 Å². The maximum absolute atomic E-state index is 13.2. The van der Waals surface area contributed by atoms with E-state index < -0.39 is 16.2 Å². The quantitative estimate of drug-likeness (QED) is 0.570. The van der Waals surface area contributed by atoms with Crippen molar-refractivity contribution in [2.75, 3.05) is 11.9 Å². The molecule has 1 aromatic heterocycles. The molecule has 0 saturated heterocycles. The first-order valence-electron chi connectivity index (χ1n) is 7.90. The Bertz CT molecular complexity index is 959. The summed E-state index contributed by atoms with van der Waals surface area (Å²) in [5.74, 6) is -0.885. The highest BCUT2D eigenvalue weighted by Gasteiger charge is 2.16. The van der Waals surface area contributed by atoms with E-state index in [9.17, 15) is 17.6 Å². The predicted octanol–water partition coefficient (Wildman–Crippen LogP) is 2.06. The van der Waals surface area contributed by atoms with Crippen LogP contribution in [0.2, 0.25) is 0 Å². The molecule has 2 aromatic rings. The number of rotatable bonds is 6. The predicted molar refractivity (Wildman–Crippen MR) is 99.7 cm³/mol. The number of halogens is 1. The molecule has 144 valence electrons. The standard InChI is InChI=1S/C17H19FN4O4S/c1-11(2)22(3)17-16(12-4-6-13(18)7-5-12)19-10-14(20-17)8-9-15(23)21-27(24,25)26/h4-11H,1-3H3,(H,21,23)(H,24,25,26)/b9-8+. The van der Waals surface area contributed by atoms with Crippen molar-refractivity contribution < 1.29 is 22.2 Å². The number of nitrogens with one attached hydrogen (secondary N) is 1. The van der Waals surface area contributed by atoms with Crippen LogP contribution >= 0.6 is 0 Å². The normalized spacial score (nSPS) is 11.8. The lowest BCUT2D eigenvalue weighted by Crippen LogP contribution is -2.28. The fourth-order valence-corrected chi connectivity index (χ4v) is 2.42. The summed E-state index contributed by atoms with van der Waals surface area (Å²) >= 11 is 0. The van der Waals surface area contributed by atoms with Crippen molar-refractivity contribution in [1.29, 1.82) is 0 Å². The fourth-order valence-electron chi connectivity index (χ4n) is 2.10. The highest BCUT2D eigenvalue weighted by molar-refractivity contribution is 7.84. The first-order chi connectivity index (χ1) is 12.6. The van der Waals surface area contributed by atoms with Crippen LogP contribution in [0, 0.1) is 5.82 Å². The Morgan fingerprint density at radius 1 is 1.30 bits per heavy atom. The number of nitrogens with zero attached hydrogens (tertiary/aromatic N) is 3. The Morgan fingerprint density at radius 3 is 2.48 bits per heavy atom. The highest BCUT2D eigenvalue weighted by atomic mass is 32.2. The maximum Gasteiger partial charge on any atom is 0.359 e. The third-order valence-electron chi connectivity index (χ3n) is 3.63. The zero-order chi connectivity index (χ0) is 20.2. The largest absolute Gasteiger partial charge is 0.359 e. The van der Waals surface area contributed by atoms with Crippen LogP contribution in [0.1, 0.15) is 19.5 Å². The summed E-state index contributed by atoms with van der Waals surface area (Å²) in [6, 6.07) is 5.91. The first-order valence-corrected chi connectivity index (χ1v) is 9.34. The van der Waals surface area contributed by atoms with Gasteiger partial charge in [0.25, 0.3) is 5.91 Å². The van der Waals surface area contributed by atoms with Crippen LogP contribution in [0.15, 0.2) is 36.5 Å². The zero-order valence-electron chi connectivity index (χ0n) is 14.9. The van der Waals surface area contributed by atoms with E-state index in [-0.39, 0.29) is 11.9 Å². The Balaban J connectivity index is 2.41. The third-order valence-corrected chi connectivity index (χ3v) is 4.09. The fraction of sp³-hybridized carbons (Fsp3) is 0.235. The number of carbonyl (C=O) groups excluding carboxylic acids is 1. The van der Waals surface area contributed by atoms with Gasteiger partial charge in [-0.1, -0.05) is 0 Å². The van der Waals surface area contributed by atoms with E-state index in [0.29, 0.717) is 22.8 Å². The molecule has 0 unspecified atom stereocenters. The molecule has 2 N–H and O–H groups in total. The second-order valence-corrected chi connectivity index (χ2v) is 7.11. The molecule has 1 heterocycles. The summed E-state index contributed by atoms with van der Waals surface area (Å²) < 4.78 is 44.4. The second kappa shape index (κ2) is 8.23. The molecule has 27 heavy (non-hydrogen) atoms. The Hall–Kier alpha value is -2.85. The van der Waals surface area contributed by atoms with Gasteiger partial charge in [0.15, 0.2) is 5.82 Å². The molecule has 0 aliphatic rings. The van der Waals surface area contributed by atoms with Gasteiger partial charge in [0.05, 0.1) is 11.9 Å². The smallest absolute Gasteiger partial charge is 0.355 e. The molecule has 0 radical (unpaired) electrons. The number of hydrogen-bond acceptors (Lipinski definition) is 6. The average molecular weight is 394 g/mol. The maximum atomic E-state index is 13.2. The molecule has 2 rings (SSSR count). The van der Waals surface area contributed by atoms with E-state index in [0.717, 1.165) is 6.08 Å². The van der Waals surface area contributed by atoms with Gasteiger partial charge in [0.1, 0.15) is 11.5 Å². The summed E-state index contributed by atoms with van der Waals surface area (Å²) in [7, 11) is -2.81. The van der Waals surface area contributed by atoms with Crippen molar-refractivity contribution in [3.05, 3.63) is 48.0 Å². The third kappa shape index (κ3) is 5.83. The summed E-state index contributed by atoms with van der Waals surface area (Å²) in [6.45, 7) is 3.91. The van der Waals surface area contributed by atoms with Crippen molar-refractivity contribution >= 4 is 28.1 Å². The monoisotopic (exact) mass is 394 g/mol. The molecule has 0 bridgehead atoms. The van der Waals surface area contributed by atoms with Crippen molar-refractivity contribution in [2.24, 2.45) is 0 Å². The average Bonchev–Trinajstić information content (AvgIpc) is 2.58. The molecule has 0 saturated carbocycles. The Morgan fingerprint density at radius 2 is 1.93 bits per heavy atom. The van der Waals surface area contributed by atoms with Gasteiger partial charge >= 0.3 is 10.3 Å². The molecule has 0 atom stereocenters. The van der Waals surface area contributed by atoms with Crippen molar-refractivity contribution in [3.8, 4) is 11.3 Å². The van der Waals surface area contributed by atoms with E-state index in [1.165, 1.54) is 29.1 Å². The van der Waals surface area contributed by atoms with Gasteiger partial charge < -0.3 is 4.90 Å². The molecule has 1 aromatic carbocycles. The van der Waals surface area contributed by atoms with Gasteiger partial charge in [-0.25, -0.2) is 14.1 Å². The van der Waals surface area contributed by atoms with Crippen LogP contribution in [0.25, 0.3) is 17.3 Å². The van der Waals surface area contributed by atoms with Crippen LogP contribution < -0.4 is 9.62 Å². The number of benzene rings is 1. The van der Waals surface area contributed by atoms with E-state index in [2.05, 4.69) is 9.97 Å². The van der Waals surface area contributed by atoms with Crippen molar-refractivity contribution in [1.82, 2.24) is 14.7 Å². The molecular formula is C17H19FN4O4S. The second-order valence-electron chi connectivity index (χ2n) is 5.95. The Kier molecular flexibility index (Phi) is 6.24. The van der Waals surface area contributed by atoms with E-state index >= 15 is 0 Å². The number of hydrogen-bond donors (Lipinski definition) is 2. The Labute approximate surface area is 156 Å². The molecule has 8 nitrogen and oxygen atoms in total. The number of amides is 1. The summed E-state index contributed by atoms with van der Waals surface area (Å²) in [6.07, 6.45) is 3.57. The lowest BCUT2D eigenvalue weighted by molar-refractivity contribution is -0.114. The molecule has 10 heteroatoms.